The molecule has 5 heteroatoms. The van der Waals surface area contributed by atoms with Crippen molar-refractivity contribution in [2.45, 2.75) is 96.3 Å². The van der Waals surface area contributed by atoms with Crippen LogP contribution in [0.1, 0.15) is 114 Å². The average Bonchev–Trinajstić information content (AvgIpc) is 2.92. The number of sulfonamides is 1. The van der Waals surface area contributed by atoms with Crippen LogP contribution in [0.5, 0.6) is 0 Å². The molecule has 1 aliphatic rings. The Labute approximate surface area is 235 Å². The highest BCUT2D eigenvalue weighted by Gasteiger charge is 2.27. The number of fused-ring (bicyclic) bond motifs is 1. The van der Waals surface area contributed by atoms with Gasteiger partial charge < -0.3 is 0 Å². The van der Waals surface area contributed by atoms with E-state index in [0.717, 1.165) is 45.9 Å². The fourth-order valence-electron chi connectivity index (χ4n) is 5.27. The van der Waals surface area contributed by atoms with Gasteiger partial charge in [-0.2, -0.15) is 18.4 Å². The predicted molar refractivity (Wildman–Crippen MR) is 164 cm³/mol. The molecule has 3 aromatic rings. The van der Waals surface area contributed by atoms with Crippen LogP contribution in [0.15, 0.2) is 64.6 Å². The minimum absolute atomic E-state index is 0.0443. The second-order valence-corrected chi connectivity index (χ2v) is 13.3. The second kappa shape index (κ2) is 12.4. The summed E-state index contributed by atoms with van der Waals surface area (Å²) in [7, 11) is -3.95. The first kappa shape index (κ1) is 28.9. The quantitative estimate of drug-likeness (QED) is 0.185. The van der Waals surface area contributed by atoms with Crippen LogP contribution in [0, 0.1) is 17.8 Å². The number of nitrogens with one attached hydrogen (secondary N) is 1. The molecular formula is C34H42N2O2S. The third-order valence-corrected chi connectivity index (χ3v) is 8.99. The van der Waals surface area contributed by atoms with Crippen LogP contribution in [-0.2, 0) is 10.0 Å². The van der Waals surface area contributed by atoms with Crippen molar-refractivity contribution >= 4 is 26.5 Å². The van der Waals surface area contributed by atoms with Crippen molar-refractivity contribution in [3.8, 4) is 11.8 Å². The van der Waals surface area contributed by atoms with Gasteiger partial charge in [-0.15, -0.1) is 0 Å². The van der Waals surface area contributed by atoms with Crippen molar-refractivity contribution < 1.29 is 8.42 Å². The molecule has 4 rings (SSSR count). The molecule has 0 amide bonds. The van der Waals surface area contributed by atoms with Gasteiger partial charge in [0.05, 0.1) is 4.90 Å². The Morgan fingerprint density at radius 2 is 1.44 bits per heavy atom. The van der Waals surface area contributed by atoms with E-state index in [1.807, 2.05) is 70.2 Å². The minimum Gasteiger partial charge on any atom is -0.200 e. The molecule has 0 unspecified atom stereocenters. The van der Waals surface area contributed by atoms with E-state index in [9.17, 15) is 8.42 Å². The van der Waals surface area contributed by atoms with Crippen molar-refractivity contribution in [2.24, 2.45) is 11.0 Å². The predicted octanol–water partition coefficient (Wildman–Crippen LogP) is 8.48. The highest BCUT2D eigenvalue weighted by molar-refractivity contribution is 7.89. The molecule has 39 heavy (non-hydrogen) atoms. The van der Waals surface area contributed by atoms with E-state index >= 15 is 0 Å². The van der Waals surface area contributed by atoms with Crippen LogP contribution >= 0.6 is 0 Å². The molecule has 0 saturated heterocycles. The summed E-state index contributed by atoms with van der Waals surface area (Å²) in [6.07, 6.45) is 5.81. The summed E-state index contributed by atoms with van der Waals surface area (Å²) in [6, 6.07) is 18.3. The average molecular weight is 543 g/mol. The van der Waals surface area contributed by atoms with Crippen LogP contribution in [0.3, 0.4) is 0 Å². The molecular weight excluding hydrogens is 500 g/mol. The van der Waals surface area contributed by atoms with E-state index in [-0.39, 0.29) is 11.8 Å². The number of nitrogens with zero attached hydrogens (tertiary/aromatic N) is 1. The maximum Gasteiger partial charge on any atom is 0.277 e. The van der Waals surface area contributed by atoms with E-state index in [4.69, 9.17) is 0 Å². The van der Waals surface area contributed by atoms with Gasteiger partial charge in [-0.25, -0.2) is 0 Å². The number of benzene rings is 3. The fourth-order valence-corrected chi connectivity index (χ4v) is 6.78. The molecule has 1 fully saturated rings. The monoisotopic (exact) mass is 542 g/mol. The zero-order valence-electron chi connectivity index (χ0n) is 24.2. The second-order valence-electron chi connectivity index (χ2n) is 11.7. The lowest BCUT2D eigenvalue weighted by Crippen LogP contribution is -2.24. The minimum atomic E-state index is -3.95. The van der Waals surface area contributed by atoms with Gasteiger partial charge >= 0.3 is 0 Å². The summed E-state index contributed by atoms with van der Waals surface area (Å²) in [4.78, 5) is 2.95. The van der Waals surface area contributed by atoms with Gasteiger partial charge in [0.1, 0.15) is 5.71 Å². The van der Waals surface area contributed by atoms with Gasteiger partial charge in [-0.3, -0.25) is 0 Å². The lowest BCUT2D eigenvalue weighted by Gasteiger charge is -2.22. The molecule has 0 heterocycles. The fraction of sp³-hybridized carbons (Fsp3) is 0.441. The summed E-state index contributed by atoms with van der Waals surface area (Å²) in [5.41, 5.74) is 4.07. The molecule has 0 aromatic heterocycles. The Morgan fingerprint density at radius 3 is 2.03 bits per heavy atom. The Morgan fingerprint density at radius 1 is 0.821 bits per heavy atom. The molecule has 0 radical (unpaired) electrons. The molecule has 0 spiro atoms. The topological polar surface area (TPSA) is 58.5 Å². The van der Waals surface area contributed by atoms with E-state index in [0.29, 0.717) is 22.4 Å². The number of hydrogen-bond donors (Lipinski definition) is 1. The summed E-state index contributed by atoms with van der Waals surface area (Å²) in [5.74, 6) is 7.39. The van der Waals surface area contributed by atoms with Crippen molar-refractivity contribution in [1.29, 1.82) is 0 Å². The van der Waals surface area contributed by atoms with Crippen molar-refractivity contribution in [1.82, 2.24) is 4.83 Å². The molecule has 0 aliphatic heterocycles. The third kappa shape index (κ3) is 6.92. The Balaban J connectivity index is 1.80. The number of hydrogen-bond acceptors (Lipinski definition) is 3. The van der Waals surface area contributed by atoms with Gasteiger partial charge in [0.2, 0.25) is 0 Å². The first-order valence-electron chi connectivity index (χ1n) is 14.3. The van der Waals surface area contributed by atoms with Crippen LogP contribution in [-0.4, -0.2) is 14.1 Å². The first-order chi connectivity index (χ1) is 18.6. The highest BCUT2D eigenvalue weighted by atomic mass is 32.2. The molecule has 0 atom stereocenters. The SMILES string of the molecule is CC(C)c1cc(C(C)C)c(S(=O)(=O)N/N=C(\C#CC2CCCCC2)c2ccc3ccccc3c2)c(C(C)C)c1. The summed E-state index contributed by atoms with van der Waals surface area (Å²) < 4.78 is 27.9. The van der Waals surface area contributed by atoms with Crippen LogP contribution in [0.2, 0.25) is 0 Å². The Bertz CT molecular complexity index is 1490. The van der Waals surface area contributed by atoms with Gasteiger partial charge in [-0.1, -0.05) is 115 Å². The van der Waals surface area contributed by atoms with Crippen molar-refractivity contribution in [3.63, 3.8) is 0 Å². The molecule has 3 aromatic carbocycles. The Hall–Kier alpha value is -3.10. The van der Waals surface area contributed by atoms with Gasteiger partial charge in [0.15, 0.2) is 0 Å². The van der Waals surface area contributed by atoms with Crippen molar-refractivity contribution in [2.75, 3.05) is 0 Å². The Kier molecular flexibility index (Phi) is 9.18. The molecule has 1 saturated carbocycles. The summed E-state index contributed by atoms with van der Waals surface area (Å²) in [6.45, 7) is 12.5. The molecule has 1 N–H and O–H groups in total. The van der Waals surface area contributed by atoms with Crippen LogP contribution in [0.25, 0.3) is 10.8 Å². The zero-order valence-corrected chi connectivity index (χ0v) is 25.0. The van der Waals surface area contributed by atoms with Gasteiger partial charge in [-0.05, 0) is 70.0 Å². The standard InChI is InChI=1S/C34H42N2O2S/c1-23(2)30-21-31(24(3)4)34(32(22-30)25(5)6)39(37,38)36-35-33(19-16-26-12-8-7-9-13-26)29-18-17-27-14-10-11-15-28(27)20-29/h10-11,14-15,17-18,20-26,36H,7-9,12-13H2,1-6H3/b35-33+. The van der Waals surface area contributed by atoms with E-state index in [2.05, 4.69) is 47.8 Å². The van der Waals surface area contributed by atoms with E-state index < -0.39 is 10.0 Å². The normalized spacial score (nSPS) is 15.2. The number of rotatable bonds is 7. The van der Waals surface area contributed by atoms with Gasteiger partial charge in [0, 0.05) is 11.5 Å². The lowest BCUT2D eigenvalue weighted by atomic mass is 9.89. The van der Waals surface area contributed by atoms with Crippen LogP contribution in [0.4, 0.5) is 0 Å². The lowest BCUT2D eigenvalue weighted by molar-refractivity contribution is 0.430. The number of hydrazone groups is 1. The largest absolute Gasteiger partial charge is 0.277 e. The molecule has 1 aliphatic carbocycles. The molecule has 4 nitrogen and oxygen atoms in total. The molecule has 0 bridgehead atoms. The third-order valence-electron chi connectivity index (χ3n) is 7.65. The van der Waals surface area contributed by atoms with Gasteiger partial charge in [0.25, 0.3) is 10.0 Å². The van der Waals surface area contributed by atoms with E-state index in [1.165, 1.54) is 19.3 Å². The maximum absolute atomic E-state index is 14.0. The summed E-state index contributed by atoms with van der Waals surface area (Å²) in [5, 5.41) is 6.68. The summed E-state index contributed by atoms with van der Waals surface area (Å²) >= 11 is 0. The first-order valence-corrected chi connectivity index (χ1v) is 15.8. The van der Waals surface area contributed by atoms with Crippen molar-refractivity contribution in [3.05, 3.63) is 76.9 Å². The maximum atomic E-state index is 14.0. The highest BCUT2D eigenvalue weighted by Crippen LogP contribution is 2.35. The van der Waals surface area contributed by atoms with E-state index in [1.54, 1.807) is 0 Å². The zero-order chi connectivity index (χ0) is 28.2. The molecule has 206 valence electrons. The van der Waals surface area contributed by atoms with Crippen LogP contribution < -0.4 is 4.83 Å². The smallest absolute Gasteiger partial charge is 0.200 e.